The van der Waals surface area contributed by atoms with E-state index >= 15 is 0 Å². The maximum Gasteiger partial charge on any atom is 0.279 e. The fraction of sp³-hybridized carbons (Fsp3) is 0.200. The predicted octanol–water partition coefficient (Wildman–Crippen LogP) is 2.97. The molecule has 0 spiro atoms. The topological polar surface area (TPSA) is 67.4 Å². The lowest BCUT2D eigenvalue weighted by atomic mass is 10.1. The van der Waals surface area contributed by atoms with Crippen molar-refractivity contribution < 1.29 is 14.3 Å². The maximum absolute atomic E-state index is 11.8. The Bertz CT molecular complexity index is 680. The van der Waals surface area contributed by atoms with Gasteiger partial charge in [0.25, 0.3) is 11.8 Å². The number of amides is 2. The smallest absolute Gasteiger partial charge is 0.279 e. The van der Waals surface area contributed by atoms with Crippen molar-refractivity contribution in [2.24, 2.45) is 0 Å². The summed E-state index contributed by atoms with van der Waals surface area (Å²) >= 11 is 4.56. The van der Waals surface area contributed by atoms with Crippen LogP contribution >= 0.6 is 27.3 Å². The van der Waals surface area contributed by atoms with Crippen LogP contribution in [0.2, 0.25) is 0 Å². The van der Waals surface area contributed by atoms with Crippen LogP contribution in [0, 0.1) is 13.8 Å². The summed E-state index contributed by atoms with van der Waals surface area (Å²) in [5, 5.41) is 0. The van der Waals surface area contributed by atoms with Crippen LogP contribution in [0.25, 0.3) is 0 Å². The average molecular weight is 383 g/mol. The Hall–Kier alpha value is -1.86. The summed E-state index contributed by atoms with van der Waals surface area (Å²) in [6.07, 6.45) is 0. The summed E-state index contributed by atoms with van der Waals surface area (Å²) in [6, 6.07) is 9.19. The second-order valence-corrected chi connectivity index (χ2v) is 7.08. The normalized spacial score (nSPS) is 10.1. The first-order chi connectivity index (χ1) is 10.5. The number of ether oxygens (including phenoxy) is 1. The zero-order valence-corrected chi connectivity index (χ0v) is 14.5. The van der Waals surface area contributed by atoms with Crippen LogP contribution in [0.5, 0.6) is 5.75 Å². The van der Waals surface area contributed by atoms with Gasteiger partial charge in [-0.2, -0.15) is 0 Å². The monoisotopic (exact) mass is 382 g/mol. The first kappa shape index (κ1) is 16.5. The Kier molecular flexibility index (Phi) is 5.57. The summed E-state index contributed by atoms with van der Waals surface area (Å²) in [5.74, 6) is -0.103. The highest BCUT2D eigenvalue weighted by Crippen LogP contribution is 2.22. The zero-order valence-electron chi connectivity index (χ0n) is 12.1. The van der Waals surface area contributed by atoms with Gasteiger partial charge >= 0.3 is 0 Å². The highest BCUT2D eigenvalue weighted by molar-refractivity contribution is 9.11. The molecule has 2 rings (SSSR count). The molecule has 116 valence electrons. The Morgan fingerprint density at radius 3 is 2.41 bits per heavy atom. The fourth-order valence-corrected chi connectivity index (χ4v) is 3.11. The molecule has 1 aromatic carbocycles. The molecule has 0 saturated heterocycles. The van der Waals surface area contributed by atoms with E-state index in [-0.39, 0.29) is 12.5 Å². The summed E-state index contributed by atoms with van der Waals surface area (Å²) in [4.78, 5) is 24.0. The highest BCUT2D eigenvalue weighted by Gasteiger charge is 2.11. The van der Waals surface area contributed by atoms with E-state index in [2.05, 4.69) is 26.8 Å². The van der Waals surface area contributed by atoms with Gasteiger partial charge in [-0.25, -0.2) is 0 Å². The average Bonchev–Trinajstić information content (AvgIpc) is 2.91. The Morgan fingerprint density at radius 2 is 1.82 bits per heavy atom. The number of carbonyl (C=O) groups excluding carboxylic acids is 2. The number of rotatable bonds is 4. The number of carbonyl (C=O) groups is 2. The summed E-state index contributed by atoms with van der Waals surface area (Å²) in [6.45, 7) is 3.66. The van der Waals surface area contributed by atoms with Gasteiger partial charge in [0.05, 0.1) is 8.66 Å². The molecular weight excluding hydrogens is 368 g/mol. The number of halogens is 1. The lowest BCUT2D eigenvalue weighted by Gasteiger charge is -2.12. The van der Waals surface area contributed by atoms with Crippen LogP contribution in [0.4, 0.5) is 0 Å². The van der Waals surface area contributed by atoms with Gasteiger partial charge < -0.3 is 4.74 Å². The van der Waals surface area contributed by atoms with Crippen molar-refractivity contribution in [2.75, 3.05) is 6.61 Å². The van der Waals surface area contributed by atoms with Crippen LogP contribution in [0.1, 0.15) is 20.8 Å². The number of hydrogen-bond acceptors (Lipinski definition) is 4. The van der Waals surface area contributed by atoms with Crippen molar-refractivity contribution >= 4 is 39.1 Å². The molecule has 2 N–H and O–H groups in total. The first-order valence-electron chi connectivity index (χ1n) is 6.51. The maximum atomic E-state index is 11.8. The lowest BCUT2D eigenvalue weighted by Crippen LogP contribution is -2.43. The molecule has 5 nitrogen and oxygen atoms in total. The molecule has 7 heteroatoms. The van der Waals surface area contributed by atoms with Crippen LogP contribution in [-0.2, 0) is 4.79 Å². The molecule has 0 aliphatic heterocycles. The van der Waals surface area contributed by atoms with Gasteiger partial charge in [-0.1, -0.05) is 18.2 Å². The SMILES string of the molecule is Cc1cccc(C)c1OCC(=O)NNC(=O)c1ccc(Br)s1. The van der Waals surface area contributed by atoms with Crippen molar-refractivity contribution in [3.8, 4) is 5.75 Å². The molecule has 0 fully saturated rings. The number of benzene rings is 1. The minimum absolute atomic E-state index is 0.167. The Labute approximate surface area is 140 Å². The van der Waals surface area contributed by atoms with Crippen LogP contribution in [-0.4, -0.2) is 18.4 Å². The summed E-state index contributed by atoms with van der Waals surface area (Å²) < 4.78 is 6.35. The lowest BCUT2D eigenvalue weighted by molar-refractivity contribution is -0.123. The molecule has 0 bridgehead atoms. The second kappa shape index (κ2) is 7.42. The van der Waals surface area contributed by atoms with Crippen LogP contribution in [0.3, 0.4) is 0 Å². The molecule has 0 atom stereocenters. The van der Waals surface area contributed by atoms with Crippen molar-refractivity contribution in [3.63, 3.8) is 0 Å². The van der Waals surface area contributed by atoms with Gasteiger partial charge in [0.1, 0.15) is 5.75 Å². The van der Waals surface area contributed by atoms with E-state index in [4.69, 9.17) is 4.74 Å². The quantitative estimate of drug-likeness (QED) is 0.798. The summed E-state index contributed by atoms with van der Waals surface area (Å²) in [7, 11) is 0. The van der Waals surface area contributed by atoms with Gasteiger partial charge in [-0.05, 0) is 53.0 Å². The Balaban J connectivity index is 1.82. The molecule has 22 heavy (non-hydrogen) atoms. The zero-order chi connectivity index (χ0) is 16.1. The Morgan fingerprint density at radius 1 is 1.14 bits per heavy atom. The fourth-order valence-electron chi connectivity index (χ4n) is 1.83. The van der Waals surface area contributed by atoms with Crippen LogP contribution < -0.4 is 15.6 Å². The number of aryl methyl sites for hydroxylation is 2. The third-order valence-electron chi connectivity index (χ3n) is 2.87. The van der Waals surface area contributed by atoms with Gasteiger partial charge in [0.2, 0.25) is 0 Å². The standard InChI is InChI=1S/C15H15BrN2O3S/c1-9-4-3-5-10(2)14(9)21-8-13(19)17-18-15(20)11-6-7-12(16)22-11/h3-7H,8H2,1-2H3,(H,17,19)(H,18,20). The van der Waals surface area contributed by atoms with Gasteiger partial charge in [0.15, 0.2) is 6.61 Å². The van der Waals surface area contributed by atoms with E-state index in [1.54, 1.807) is 12.1 Å². The van der Waals surface area contributed by atoms with E-state index in [0.29, 0.717) is 10.6 Å². The molecule has 0 radical (unpaired) electrons. The van der Waals surface area contributed by atoms with Crippen molar-refractivity contribution in [2.45, 2.75) is 13.8 Å². The van der Waals surface area contributed by atoms with Crippen LogP contribution in [0.15, 0.2) is 34.1 Å². The third kappa shape index (κ3) is 4.32. The van der Waals surface area contributed by atoms with E-state index in [1.807, 2.05) is 32.0 Å². The first-order valence-corrected chi connectivity index (χ1v) is 8.12. The molecule has 2 aromatic rings. The number of para-hydroxylation sites is 1. The van der Waals surface area contributed by atoms with E-state index in [0.717, 1.165) is 14.9 Å². The van der Waals surface area contributed by atoms with Crippen molar-refractivity contribution in [1.29, 1.82) is 0 Å². The molecule has 0 saturated carbocycles. The largest absolute Gasteiger partial charge is 0.483 e. The molecule has 1 aromatic heterocycles. The van der Waals surface area contributed by atoms with Gasteiger partial charge in [0, 0.05) is 0 Å². The molecule has 2 amide bonds. The minimum Gasteiger partial charge on any atom is -0.483 e. The molecular formula is C15H15BrN2O3S. The van der Waals surface area contributed by atoms with Crippen molar-refractivity contribution in [3.05, 3.63) is 50.1 Å². The van der Waals surface area contributed by atoms with Crippen molar-refractivity contribution in [1.82, 2.24) is 10.9 Å². The van der Waals surface area contributed by atoms with Gasteiger partial charge in [-0.3, -0.25) is 20.4 Å². The number of nitrogens with one attached hydrogen (secondary N) is 2. The second-order valence-electron chi connectivity index (χ2n) is 4.62. The number of hydrogen-bond donors (Lipinski definition) is 2. The van der Waals surface area contributed by atoms with E-state index in [9.17, 15) is 9.59 Å². The number of hydrazine groups is 1. The van der Waals surface area contributed by atoms with E-state index < -0.39 is 5.91 Å². The third-order valence-corrected chi connectivity index (χ3v) is 4.49. The molecule has 0 aliphatic rings. The minimum atomic E-state index is -0.424. The molecule has 0 aliphatic carbocycles. The highest BCUT2D eigenvalue weighted by atomic mass is 79.9. The molecule has 0 unspecified atom stereocenters. The molecule has 1 heterocycles. The van der Waals surface area contributed by atoms with Gasteiger partial charge in [-0.15, -0.1) is 11.3 Å². The van der Waals surface area contributed by atoms with E-state index in [1.165, 1.54) is 11.3 Å². The summed E-state index contributed by atoms with van der Waals surface area (Å²) in [5.41, 5.74) is 6.59. The number of thiophene rings is 1. The predicted molar refractivity (Wildman–Crippen MR) is 89.0 cm³/mol.